The van der Waals surface area contributed by atoms with E-state index in [-0.39, 0.29) is 17.1 Å². The van der Waals surface area contributed by atoms with Crippen LogP contribution in [0, 0.1) is 5.82 Å². The molecule has 1 aliphatic rings. The Morgan fingerprint density at radius 3 is 2.71 bits per heavy atom. The Hall–Kier alpha value is -0.160. The van der Waals surface area contributed by atoms with E-state index in [0.717, 1.165) is 0 Å². The van der Waals surface area contributed by atoms with Gasteiger partial charge in [0.25, 0.3) is 0 Å². The smallest absolute Gasteiger partial charge is 0.142 e. The fraction of sp³-hybridized carbons (Fsp3) is 0.455. The molecule has 0 saturated carbocycles. The first kappa shape index (κ1) is 13.3. The molecule has 1 N–H and O–H groups in total. The minimum Gasteiger partial charge on any atom is -0.306 e. The quantitative estimate of drug-likeness (QED) is 0.807. The molecule has 0 aliphatic carbocycles. The monoisotopic (exact) mass is 295 g/mol. The minimum absolute atomic E-state index is 0.00345. The van der Waals surface area contributed by atoms with Crippen LogP contribution in [0.2, 0.25) is 10.0 Å². The molecule has 94 valence electrons. The normalized spacial score (nSPS) is 29.3. The minimum atomic E-state index is -0.898. The Morgan fingerprint density at radius 2 is 2.06 bits per heavy atom. The van der Waals surface area contributed by atoms with Gasteiger partial charge in [-0.05, 0) is 24.6 Å². The Bertz CT molecular complexity index is 469. The summed E-state index contributed by atoms with van der Waals surface area (Å²) in [5.41, 5.74) is 0.619. The predicted molar refractivity (Wildman–Crippen MR) is 69.6 cm³/mol. The first-order chi connectivity index (χ1) is 7.97. The van der Waals surface area contributed by atoms with Gasteiger partial charge in [-0.2, -0.15) is 0 Å². The molecule has 0 amide bonds. The zero-order chi connectivity index (χ0) is 12.6. The second kappa shape index (κ2) is 5.22. The maximum Gasteiger partial charge on any atom is 0.142 e. The van der Waals surface area contributed by atoms with E-state index in [4.69, 9.17) is 23.2 Å². The second-order valence-corrected chi connectivity index (χ2v) is 6.54. The third-order valence-electron chi connectivity index (χ3n) is 2.69. The molecule has 17 heavy (non-hydrogen) atoms. The van der Waals surface area contributed by atoms with Gasteiger partial charge in [-0.15, -0.1) is 0 Å². The summed E-state index contributed by atoms with van der Waals surface area (Å²) in [6, 6.07) is 2.65. The van der Waals surface area contributed by atoms with Gasteiger partial charge in [-0.25, -0.2) is 4.39 Å². The van der Waals surface area contributed by atoms with Gasteiger partial charge in [-0.1, -0.05) is 23.2 Å². The molecule has 1 fully saturated rings. The molecule has 2 nitrogen and oxygen atoms in total. The molecule has 1 heterocycles. The molecular formula is C11H12Cl2FNOS. The van der Waals surface area contributed by atoms with Crippen LogP contribution in [-0.2, 0) is 10.8 Å². The van der Waals surface area contributed by atoms with Crippen molar-refractivity contribution in [1.29, 1.82) is 0 Å². The van der Waals surface area contributed by atoms with E-state index >= 15 is 0 Å². The van der Waals surface area contributed by atoms with E-state index in [1.807, 2.05) is 6.92 Å². The Morgan fingerprint density at radius 1 is 1.35 bits per heavy atom. The number of nitrogens with one attached hydrogen (secondary N) is 1. The molecule has 2 rings (SSSR count). The van der Waals surface area contributed by atoms with Crippen LogP contribution in [-0.4, -0.2) is 21.8 Å². The van der Waals surface area contributed by atoms with Gasteiger partial charge in [0.15, 0.2) is 0 Å². The van der Waals surface area contributed by atoms with Gasteiger partial charge < -0.3 is 5.32 Å². The molecule has 6 heteroatoms. The van der Waals surface area contributed by atoms with Crippen LogP contribution in [0.3, 0.4) is 0 Å². The Balaban J connectivity index is 2.33. The highest BCUT2D eigenvalue weighted by atomic mass is 35.5. The van der Waals surface area contributed by atoms with Crippen molar-refractivity contribution in [1.82, 2.24) is 5.32 Å². The number of hydrogen-bond acceptors (Lipinski definition) is 2. The molecule has 3 unspecified atom stereocenters. The average Bonchev–Trinajstić information content (AvgIpc) is 2.22. The van der Waals surface area contributed by atoms with E-state index < -0.39 is 16.6 Å². The first-order valence-electron chi connectivity index (χ1n) is 5.23. The molecular weight excluding hydrogens is 284 g/mol. The fourth-order valence-electron chi connectivity index (χ4n) is 1.96. The average molecular weight is 296 g/mol. The molecule has 0 aromatic heterocycles. The van der Waals surface area contributed by atoms with Gasteiger partial charge in [0, 0.05) is 39.4 Å². The Labute approximate surface area is 112 Å². The molecule has 3 atom stereocenters. The van der Waals surface area contributed by atoms with Crippen LogP contribution in [0.25, 0.3) is 0 Å². The topological polar surface area (TPSA) is 29.1 Å². The third kappa shape index (κ3) is 2.99. The van der Waals surface area contributed by atoms with Gasteiger partial charge >= 0.3 is 0 Å². The van der Waals surface area contributed by atoms with Gasteiger partial charge in [-0.3, -0.25) is 4.21 Å². The van der Waals surface area contributed by atoms with Crippen LogP contribution < -0.4 is 5.32 Å². The van der Waals surface area contributed by atoms with Crippen molar-refractivity contribution in [3.63, 3.8) is 0 Å². The van der Waals surface area contributed by atoms with E-state index in [1.54, 1.807) is 0 Å². The molecule has 1 aromatic carbocycles. The van der Waals surface area contributed by atoms with E-state index in [2.05, 4.69) is 5.32 Å². The van der Waals surface area contributed by atoms with Crippen LogP contribution in [0.4, 0.5) is 4.39 Å². The van der Waals surface area contributed by atoms with E-state index in [9.17, 15) is 8.60 Å². The third-order valence-corrected chi connectivity index (χ3v) is 4.88. The number of hydrogen-bond donors (Lipinski definition) is 1. The zero-order valence-corrected chi connectivity index (χ0v) is 11.5. The van der Waals surface area contributed by atoms with Crippen LogP contribution >= 0.6 is 23.2 Å². The maximum absolute atomic E-state index is 13.4. The van der Waals surface area contributed by atoms with Gasteiger partial charge in [0.2, 0.25) is 0 Å². The van der Waals surface area contributed by atoms with E-state index in [1.165, 1.54) is 12.1 Å². The first-order valence-corrected chi connectivity index (χ1v) is 7.47. The Kier molecular flexibility index (Phi) is 4.08. The highest BCUT2D eigenvalue weighted by Gasteiger charge is 2.26. The molecule has 1 aromatic rings. The van der Waals surface area contributed by atoms with E-state index in [0.29, 0.717) is 22.1 Å². The summed E-state index contributed by atoms with van der Waals surface area (Å²) in [6.07, 6.45) is 0. The largest absolute Gasteiger partial charge is 0.306 e. The highest BCUT2D eigenvalue weighted by Crippen LogP contribution is 2.30. The standard InChI is InChI=1S/C11H12Cl2FNOS/c1-6-4-17(16)5-11(15-6)7-2-10(14)9(13)3-8(7)12/h2-3,6,11,15H,4-5H2,1H3. The maximum atomic E-state index is 13.4. The predicted octanol–water partition coefficient (Wildman–Crippen LogP) is 2.91. The number of benzene rings is 1. The summed E-state index contributed by atoms with van der Waals surface area (Å²) in [5, 5.41) is 3.67. The lowest BCUT2D eigenvalue weighted by molar-refractivity contribution is 0.487. The lowest BCUT2D eigenvalue weighted by atomic mass is 10.1. The number of rotatable bonds is 1. The molecule has 0 spiro atoms. The van der Waals surface area contributed by atoms with Crippen LogP contribution in [0.5, 0.6) is 0 Å². The SMILES string of the molecule is CC1CS(=O)CC(c2cc(F)c(Cl)cc2Cl)N1. The lowest BCUT2D eigenvalue weighted by Gasteiger charge is -2.29. The second-order valence-electron chi connectivity index (χ2n) is 4.18. The fourth-order valence-corrected chi connectivity index (χ4v) is 3.91. The van der Waals surface area contributed by atoms with Crippen molar-refractivity contribution in [2.45, 2.75) is 19.0 Å². The van der Waals surface area contributed by atoms with Crippen molar-refractivity contribution in [3.05, 3.63) is 33.6 Å². The molecule has 1 aliphatic heterocycles. The summed E-state index contributed by atoms with van der Waals surface area (Å²) in [4.78, 5) is 0. The summed E-state index contributed by atoms with van der Waals surface area (Å²) in [7, 11) is -0.898. The van der Waals surface area contributed by atoms with Crippen molar-refractivity contribution < 1.29 is 8.60 Å². The van der Waals surface area contributed by atoms with Crippen molar-refractivity contribution in [2.75, 3.05) is 11.5 Å². The summed E-state index contributed by atoms with van der Waals surface area (Å²) < 4.78 is 25.0. The van der Waals surface area contributed by atoms with Gasteiger partial charge in [0.05, 0.1) is 5.02 Å². The van der Waals surface area contributed by atoms with Crippen molar-refractivity contribution in [2.24, 2.45) is 0 Å². The summed E-state index contributed by atoms with van der Waals surface area (Å²) in [6.45, 7) is 1.95. The summed E-state index contributed by atoms with van der Waals surface area (Å²) in [5.74, 6) is 0.562. The highest BCUT2D eigenvalue weighted by molar-refractivity contribution is 7.85. The molecule has 0 radical (unpaired) electrons. The van der Waals surface area contributed by atoms with Gasteiger partial charge in [0.1, 0.15) is 5.82 Å². The van der Waals surface area contributed by atoms with Crippen molar-refractivity contribution >= 4 is 34.0 Å². The zero-order valence-electron chi connectivity index (χ0n) is 9.17. The van der Waals surface area contributed by atoms with Crippen LogP contribution in [0.1, 0.15) is 18.5 Å². The van der Waals surface area contributed by atoms with Crippen molar-refractivity contribution in [3.8, 4) is 0 Å². The van der Waals surface area contributed by atoms with Crippen LogP contribution in [0.15, 0.2) is 12.1 Å². The lowest BCUT2D eigenvalue weighted by Crippen LogP contribution is -2.43. The molecule has 0 bridgehead atoms. The molecule has 1 saturated heterocycles. The summed E-state index contributed by atoms with van der Waals surface area (Å²) >= 11 is 11.7. The number of halogens is 3.